The van der Waals surface area contributed by atoms with Crippen molar-refractivity contribution in [3.05, 3.63) is 35.9 Å². The van der Waals surface area contributed by atoms with E-state index in [1.807, 2.05) is 37.3 Å². The van der Waals surface area contributed by atoms with E-state index < -0.39 is 31.4 Å². The van der Waals surface area contributed by atoms with Crippen molar-refractivity contribution in [3.8, 4) is 0 Å². The lowest BCUT2D eigenvalue weighted by Gasteiger charge is -2.57. The van der Waals surface area contributed by atoms with Crippen molar-refractivity contribution in [2.75, 3.05) is 13.2 Å². The molecule has 0 aliphatic carbocycles. The monoisotopic (exact) mass is 478 g/mol. The van der Waals surface area contributed by atoms with Crippen LogP contribution < -0.4 is 0 Å². The zero-order valence-corrected chi connectivity index (χ0v) is 22.5. The normalized spacial score (nSPS) is 41.5. The summed E-state index contributed by atoms with van der Waals surface area (Å²) in [5, 5.41) is 9.83. The maximum Gasteiger partial charge on any atom is 0.192 e. The number of aliphatic hydroxyl groups excluding tert-OH is 1. The highest BCUT2D eigenvalue weighted by molar-refractivity contribution is 6.74. The summed E-state index contributed by atoms with van der Waals surface area (Å²) in [5.74, 6) is 0. The largest absolute Gasteiger partial charge is 0.411 e. The van der Waals surface area contributed by atoms with Gasteiger partial charge in [-0.05, 0) is 38.9 Å². The van der Waals surface area contributed by atoms with E-state index in [-0.39, 0.29) is 30.0 Å². The predicted octanol–water partition coefficient (Wildman–Crippen LogP) is 4.97. The first-order valence-electron chi connectivity index (χ1n) is 12.2. The number of aliphatic hydroxyl groups is 1. The molecule has 33 heavy (non-hydrogen) atoms. The van der Waals surface area contributed by atoms with Gasteiger partial charge in [0.2, 0.25) is 0 Å². The van der Waals surface area contributed by atoms with Gasteiger partial charge in [-0.15, -0.1) is 0 Å². The molecule has 0 aromatic heterocycles. The first-order valence-corrected chi connectivity index (χ1v) is 15.1. The van der Waals surface area contributed by atoms with Gasteiger partial charge in [0.1, 0.15) is 11.2 Å². The molecule has 186 valence electrons. The Bertz CT molecular complexity index is 841. The van der Waals surface area contributed by atoms with Crippen LogP contribution in [0.5, 0.6) is 0 Å². The van der Waals surface area contributed by atoms with Crippen LogP contribution in [0.15, 0.2) is 30.3 Å². The molecule has 0 spiro atoms. The molecule has 3 aliphatic heterocycles. The number of rotatable bonds is 6. The fourth-order valence-corrected chi connectivity index (χ4v) is 6.24. The van der Waals surface area contributed by atoms with Crippen LogP contribution in [0.2, 0.25) is 18.1 Å². The van der Waals surface area contributed by atoms with Crippen molar-refractivity contribution < 1.29 is 28.5 Å². The Hall–Kier alpha value is -0.803. The lowest BCUT2D eigenvalue weighted by Crippen LogP contribution is -2.67. The van der Waals surface area contributed by atoms with Crippen LogP contribution in [-0.4, -0.2) is 61.8 Å². The van der Waals surface area contributed by atoms with Crippen molar-refractivity contribution in [3.63, 3.8) is 0 Å². The summed E-state index contributed by atoms with van der Waals surface area (Å²) < 4.78 is 32.4. The average Bonchev–Trinajstić information content (AvgIpc) is 3.37. The van der Waals surface area contributed by atoms with Gasteiger partial charge < -0.3 is 28.5 Å². The number of ether oxygens (including phenoxy) is 4. The highest BCUT2D eigenvalue weighted by Crippen LogP contribution is 2.51. The third-order valence-corrected chi connectivity index (χ3v) is 12.8. The standard InChI is InChI=1S/C26H42O6Si/c1-23(2,3)33(7,8)31-20-14-19-26(6,17-28-22(29-19)18-12-10-9-11-13-18)32-24(20,4)15-21-25(5,16-27)30-21/h9-13,19-22,27H,14-17H2,1-8H3/t19-,20+,21+,22+,24-,25+,26+/m0/s1. The first-order chi connectivity index (χ1) is 15.2. The van der Waals surface area contributed by atoms with Crippen molar-refractivity contribution in [1.82, 2.24) is 0 Å². The van der Waals surface area contributed by atoms with E-state index in [4.69, 9.17) is 23.4 Å². The van der Waals surface area contributed by atoms with Gasteiger partial charge in [0.25, 0.3) is 0 Å². The molecule has 7 heteroatoms. The summed E-state index contributed by atoms with van der Waals surface area (Å²) in [4.78, 5) is 0. The third-order valence-electron chi connectivity index (χ3n) is 8.32. The molecule has 0 bridgehead atoms. The van der Waals surface area contributed by atoms with Gasteiger partial charge >= 0.3 is 0 Å². The van der Waals surface area contributed by atoms with E-state index in [0.717, 1.165) is 12.0 Å². The minimum atomic E-state index is -2.07. The molecule has 1 aromatic carbocycles. The molecule has 4 rings (SSSR count). The quantitative estimate of drug-likeness (QED) is 0.460. The molecule has 0 radical (unpaired) electrons. The number of benzene rings is 1. The summed E-state index contributed by atoms with van der Waals surface area (Å²) in [7, 11) is -2.07. The minimum absolute atomic E-state index is 0.00632. The maximum atomic E-state index is 9.75. The average molecular weight is 479 g/mol. The molecule has 7 atom stereocenters. The second kappa shape index (κ2) is 8.40. The molecule has 1 N–H and O–H groups in total. The van der Waals surface area contributed by atoms with Gasteiger partial charge in [0.15, 0.2) is 14.6 Å². The molecular formula is C26H42O6Si. The zero-order valence-electron chi connectivity index (χ0n) is 21.5. The lowest BCUT2D eigenvalue weighted by atomic mass is 9.79. The van der Waals surface area contributed by atoms with Crippen molar-refractivity contribution in [2.24, 2.45) is 0 Å². The molecule has 0 saturated carbocycles. The molecule has 0 unspecified atom stereocenters. The van der Waals surface area contributed by atoms with Crippen LogP contribution in [0, 0.1) is 0 Å². The van der Waals surface area contributed by atoms with E-state index >= 15 is 0 Å². The second-order valence-electron chi connectivity index (χ2n) is 12.3. The molecule has 3 heterocycles. The van der Waals surface area contributed by atoms with Crippen molar-refractivity contribution >= 4 is 8.32 Å². The summed E-state index contributed by atoms with van der Waals surface area (Å²) in [5.41, 5.74) is -0.647. The lowest BCUT2D eigenvalue weighted by molar-refractivity contribution is -0.356. The van der Waals surface area contributed by atoms with E-state index in [1.165, 1.54) is 0 Å². The van der Waals surface area contributed by atoms with Crippen LogP contribution >= 0.6 is 0 Å². The van der Waals surface area contributed by atoms with Crippen LogP contribution in [0.3, 0.4) is 0 Å². The Kier molecular flexibility index (Phi) is 6.44. The van der Waals surface area contributed by atoms with Gasteiger partial charge in [-0.1, -0.05) is 51.1 Å². The van der Waals surface area contributed by atoms with Crippen molar-refractivity contribution in [1.29, 1.82) is 0 Å². The number of fused-ring (bicyclic) bond motifs is 1. The molecular weight excluding hydrogens is 436 g/mol. The van der Waals surface area contributed by atoms with Gasteiger partial charge in [0, 0.05) is 18.4 Å². The van der Waals surface area contributed by atoms with Crippen LogP contribution in [-0.2, 0) is 23.4 Å². The summed E-state index contributed by atoms with van der Waals surface area (Å²) >= 11 is 0. The van der Waals surface area contributed by atoms with Crippen LogP contribution in [0.1, 0.15) is 66.2 Å². The molecule has 6 nitrogen and oxygen atoms in total. The van der Waals surface area contributed by atoms with Gasteiger partial charge in [-0.2, -0.15) is 0 Å². The minimum Gasteiger partial charge on any atom is -0.411 e. The van der Waals surface area contributed by atoms with E-state index in [0.29, 0.717) is 13.0 Å². The fourth-order valence-electron chi connectivity index (χ4n) is 4.83. The fraction of sp³-hybridized carbons (Fsp3) is 0.769. The Balaban J connectivity index is 1.59. The van der Waals surface area contributed by atoms with Gasteiger partial charge in [0.05, 0.1) is 37.1 Å². The summed E-state index contributed by atoms with van der Waals surface area (Å²) in [6.45, 7) is 18.0. The highest BCUT2D eigenvalue weighted by atomic mass is 28.4. The van der Waals surface area contributed by atoms with Crippen LogP contribution in [0.25, 0.3) is 0 Å². The molecule has 1 aromatic rings. The topological polar surface area (TPSA) is 69.7 Å². The van der Waals surface area contributed by atoms with Gasteiger partial charge in [-0.25, -0.2) is 0 Å². The van der Waals surface area contributed by atoms with Crippen LogP contribution in [0.4, 0.5) is 0 Å². The molecule has 3 fully saturated rings. The SMILES string of the molecule is CC(C)(C)[Si](C)(C)O[C@@H]1C[C@@H]2O[C@H](c3ccccc3)OC[C@@]2(C)O[C@@]1(C)C[C@H]1O[C@]1(C)CO. The predicted molar refractivity (Wildman–Crippen MR) is 130 cm³/mol. The number of hydrogen-bond donors (Lipinski definition) is 1. The molecule has 3 saturated heterocycles. The third kappa shape index (κ3) is 4.83. The molecule has 3 aliphatic rings. The van der Waals surface area contributed by atoms with E-state index in [9.17, 15) is 5.11 Å². The van der Waals surface area contributed by atoms with E-state index in [1.54, 1.807) is 0 Å². The number of hydrogen-bond acceptors (Lipinski definition) is 6. The second-order valence-corrected chi connectivity index (χ2v) is 17.0. The van der Waals surface area contributed by atoms with E-state index in [2.05, 4.69) is 47.7 Å². The Labute approximate surface area is 200 Å². The highest BCUT2D eigenvalue weighted by Gasteiger charge is 2.62. The van der Waals surface area contributed by atoms with Gasteiger partial charge in [-0.3, -0.25) is 0 Å². The number of epoxide rings is 1. The smallest absolute Gasteiger partial charge is 0.192 e. The summed E-state index contributed by atoms with van der Waals surface area (Å²) in [6.07, 6.45) is 0.639. The summed E-state index contributed by atoms with van der Waals surface area (Å²) in [6, 6.07) is 10.1. The Morgan fingerprint density at radius 3 is 2.33 bits per heavy atom. The van der Waals surface area contributed by atoms with Crippen molar-refractivity contribution in [2.45, 2.75) is 114 Å². The zero-order chi connectivity index (χ0) is 24.3. The Morgan fingerprint density at radius 1 is 1.09 bits per heavy atom. The maximum absolute atomic E-state index is 9.75. The molecule has 0 amide bonds. The first kappa shape index (κ1) is 25.3. The Morgan fingerprint density at radius 2 is 1.76 bits per heavy atom.